The molecule has 6 nitrogen and oxygen atoms in total. The van der Waals surface area contributed by atoms with Gasteiger partial charge in [-0.05, 0) is 41.0 Å². The summed E-state index contributed by atoms with van der Waals surface area (Å²) in [7, 11) is 0. The number of aromatic nitrogens is 2. The Kier molecular flexibility index (Phi) is 5.54. The van der Waals surface area contributed by atoms with Gasteiger partial charge in [-0.15, -0.1) is 0 Å². The Hall–Kier alpha value is -3.38. The minimum absolute atomic E-state index is 0.0769. The lowest BCUT2D eigenvalue weighted by atomic mass is 10.1. The molecular formula is C25H26N4O2. The fourth-order valence-electron chi connectivity index (χ4n) is 4.17. The normalized spacial score (nSPS) is 16.5. The van der Waals surface area contributed by atoms with Crippen molar-refractivity contribution in [3.8, 4) is 11.4 Å². The zero-order chi connectivity index (χ0) is 21.0. The predicted octanol–water partition coefficient (Wildman–Crippen LogP) is 3.16. The number of fused-ring (bicyclic) bond motifs is 1. The van der Waals surface area contributed by atoms with Crippen molar-refractivity contribution < 1.29 is 9.53 Å². The van der Waals surface area contributed by atoms with E-state index in [4.69, 9.17) is 4.74 Å². The van der Waals surface area contributed by atoms with E-state index in [0.29, 0.717) is 0 Å². The predicted molar refractivity (Wildman–Crippen MR) is 120 cm³/mol. The number of nitrogens with zero attached hydrogens (tertiary/aromatic N) is 4. The summed E-state index contributed by atoms with van der Waals surface area (Å²) in [5.41, 5.74) is 4.70. The number of carbonyl (C=O) groups excluding carboxylic acids is 1. The van der Waals surface area contributed by atoms with Crippen molar-refractivity contribution in [3.05, 3.63) is 84.0 Å². The van der Waals surface area contributed by atoms with E-state index >= 15 is 0 Å². The molecule has 0 saturated carbocycles. The number of benzene rings is 2. The third-order valence-electron chi connectivity index (χ3n) is 5.96. The Bertz CT molecular complexity index is 1070. The average molecular weight is 415 g/mol. The minimum atomic E-state index is 0.0769. The first-order valence-electron chi connectivity index (χ1n) is 10.8. The zero-order valence-corrected chi connectivity index (χ0v) is 17.5. The van der Waals surface area contributed by atoms with Crippen molar-refractivity contribution in [2.45, 2.75) is 13.0 Å². The van der Waals surface area contributed by atoms with Crippen molar-refractivity contribution in [1.82, 2.24) is 19.4 Å². The van der Waals surface area contributed by atoms with Crippen LogP contribution in [0.3, 0.4) is 0 Å². The summed E-state index contributed by atoms with van der Waals surface area (Å²) >= 11 is 0. The van der Waals surface area contributed by atoms with Crippen LogP contribution in [0.15, 0.2) is 67.3 Å². The van der Waals surface area contributed by atoms with Crippen molar-refractivity contribution in [2.75, 3.05) is 32.8 Å². The fourth-order valence-corrected chi connectivity index (χ4v) is 4.17. The second kappa shape index (κ2) is 8.78. The summed E-state index contributed by atoms with van der Waals surface area (Å²) in [4.78, 5) is 21.0. The smallest absolute Gasteiger partial charge is 0.246 e. The summed E-state index contributed by atoms with van der Waals surface area (Å²) in [5.74, 6) is 1.11. The zero-order valence-electron chi connectivity index (χ0n) is 17.5. The van der Waals surface area contributed by atoms with Gasteiger partial charge in [0.15, 0.2) is 0 Å². The first-order chi connectivity index (χ1) is 15.2. The lowest BCUT2D eigenvalue weighted by Gasteiger charge is -2.34. The van der Waals surface area contributed by atoms with Crippen molar-refractivity contribution in [2.24, 2.45) is 0 Å². The molecule has 2 aliphatic heterocycles. The molecule has 1 fully saturated rings. The summed E-state index contributed by atoms with van der Waals surface area (Å²) in [5, 5.41) is 0. The molecule has 0 bridgehead atoms. The number of piperazine rings is 1. The third-order valence-corrected chi connectivity index (χ3v) is 5.96. The number of carbonyl (C=O) groups is 1. The highest BCUT2D eigenvalue weighted by Gasteiger charge is 2.20. The maximum absolute atomic E-state index is 12.6. The van der Waals surface area contributed by atoms with Crippen molar-refractivity contribution in [3.63, 3.8) is 0 Å². The molecule has 31 heavy (non-hydrogen) atoms. The van der Waals surface area contributed by atoms with Crippen LogP contribution in [-0.2, 0) is 17.8 Å². The standard InChI is InChI=1S/C25H26N4O2/c30-25(8-4-20-1-5-23(6-2-20)29-11-10-26-19-29)28-14-12-27(13-15-28)18-21-3-7-24-22(17-21)9-16-31-24/h1-8,10-11,17,19H,9,12-16,18H2/b8-4+. The largest absolute Gasteiger partial charge is 0.493 e. The Morgan fingerprint density at radius 2 is 1.90 bits per heavy atom. The van der Waals surface area contributed by atoms with E-state index in [-0.39, 0.29) is 5.91 Å². The second-order valence-corrected chi connectivity index (χ2v) is 8.04. The van der Waals surface area contributed by atoms with E-state index in [1.165, 1.54) is 11.1 Å². The quantitative estimate of drug-likeness (QED) is 0.602. The molecule has 3 heterocycles. The van der Waals surface area contributed by atoms with Gasteiger partial charge in [-0.1, -0.05) is 24.3 Å². The van der Waals surface area contributed by atoms with Gasteiger partial charge in [-0.3, -0.25) is 9.69 Å². The summed E-state index contributed by atoms with van der Waals surface area (Å²) < 4.78 is 7.55. The Labute approximate surface area is 182 Å². The molecule has 0 radical (unpaired) electrons. The SMILES string of the molecule is O=C(/C=C/c1ccc(-n2ccnc2)cc1)N1CCN(Cc2ccc3c(c2)CCO3)CC1. The fraction of sp³-hybridized carbons (Fsp3) is 0.280. The molecule has 5 rings (SSSR count). The summed E-state index contributed by atoms with van der Waals surface area (Å²) in [6, 6.07) is 14.6. The molecule has 0 aliphatic carbocycles. The van der Waals surface area contributed by atoms with Gasteiger partial charge in [0.05, 0.1) is 12.9 Å². The molecule has 2 aliphatic rings. The van der Waals surface area contributed by atoms with Crippen LogP contribution in [0.2, 0.25) is 0 Å². The first kappa shape index (κ1) is 19.6. The van der Waals surface area contributed by atoms with E-state index in [9.17, 15) is 4.79 Å². The molecule has 3 aromatic rings. The summed E-state index contributed by atoms with van der Waals surface area (Å²) in [6.07, 6.45) is 10.0. The molecular weight excluding hydrogens is 388 g/mol. The molecule has 0 spiro atoms. The molecule has 158 valence electrons. The number of imidazole rings is 1. The number of hydrogen-bond donors (Lipinski definition) is 0. The van der Waals surface area contributed by atoms with E-state index < -0.39 is 0 Å². The monoisotopic (exact) mass is 414 g/mol. The van der Waals surface area contributed by atoms with E-state index in [1.54, 1.807) is 18.6 Å². The molecule has 0 unspecified atom stereocenters. The highest BCUT2D eigenvalue weighted by atomic mass is 16.5. The van der Waals surface area contributed by atoms with Crippen molar-refractivity contribution >= 4 is 12.0 Å². The van der Waals surface area contributed by atoms with Gasteiger partial charge in [-0.25, -0.2) is 4.98 Å². The summed E-state index contributed by atoms with van der Waals surface area (Å²) in [6.45, 7) is 5.03. The van der Waals surface area contributed by atoms with Gasteiger partial charge in [0.1, 0.15) is 5.75 Å². The van der Waals surface area contributed by atoms with E-state index in [0.717, 1.165) is 62.8 Å². The van der Waals surface area contributed by atoms with Crippen LogP contribution in [0.4, 0.5) is 0 Å². The Balaban J connectivity index is 1.12. The van der Waals surface area contributed by atoms with Crippen LogP contribution in [-0.4, -0.2) is 58.0 Å². The lowest BCUT2D eigenvalue weighted by molar-refractivity contribution is -0.127. The maximum atomic E-state index is 12.6. The molecule has 1 saturated heterocycles. The van der Waals surface area contributed by atoms with Crippen LogP contribution in [0, 0.1) is 0 Å². The molecule has 0 N–H and O–H groups in total. The van der Waals surface area contributed by atoms with Gasteiger partial charge < -0.3 is 14.2 Å². The number of amides is 1. The van der Waals surface area contributed by atoms with Crippen LogP contribution in [0.1, 0.15) is 16.7 Å². The van der Waals surface area contributed by atoms with Crippen molar-refractivity contribution in [1.29, 1.82) is 0 Å². The molecule has 1 aromatic heterocycles. The Morgan fingerprint density at radius 1 is 1.06 bits per heavy atom. The number of rotatable bonds is 5. The number of ether oxygens (including phenoxy) is 1. The van der Waals surface area contributed by atoms with Crippen LogP contribution in [0.5, 0.6) is 5.75 Å². The average Bonchev–Trinajstić information content (AvgIpc) is 3.50. The number of hydrogen-bond acceptors (Lipinski definition) is 4. The van der Waals surface area contributed by atoms with Crippen LogP contribution >= 0.6 is 0 Å². The van der Waals surface area contributed by atoms with Gasteiger partial charge >= 0.3 is 0 Å². The van der Waals surface area contributed by atoms with Gasteiger partial charge in [0.25, 0.3) is 0 Å². The van der Waals surface area contributed by atoms with Gasteiger partial charge in [0, 0.05) is 63.3 Å². The Morgan fingerprint density at radius 3 is 2.68 bits per heavy atom. The topological polar surface area (TPSA) is 50.6 Å². The second-order valence-electron chi connectivity index (χ2n) is 8.04. The maximum Gasteiger partial charge on any atom is 0.246 e. The minimum Gasteiger partial charge on any atom is -0.493 e. The third kappa shape index (κ3) is 4.54. The van der Waals surface area contributed by atoms with Gasteiger partial charge in [-0.2, -0.15) is 0 Å². The molecule has 0 atom stereocenters. The lowest BCUT2D eigenvalue weighted by Crippen LogP contribution is -2.47. The highest BCUT2D eigenvalue weighted by molar-refractivity contribution is 5.91. The molecule has 1 amide bonds. The molecule has 2 aromatic carbocycles. The van der Waals surface area contributed by atoms with Crippen LogP contribution in [0.25, 0.3) is 11.8 Å². The van der Waals surface area contributed by atoms with Crippen LogP contribution < -0.4 is 4.74 Å². The first-order valence-corrected chi connectivity index (χ1v) is 10.8. The molecule has 6 heteroatoms. The highest BCUT2D eigenvalue weighted by Crippen LogP contribution is 2.26. The van der Waals surface area contributed by atoms with E-state index in [1.807, 2.05) is 46.0 Å². The van der Waals surface area contributed by atoms with E-state index in [2.05, 4.69) is 28.1 Å². The van der Waals surface area contributed by atoms with Gasteiger partial charge in [0.2, 0.25) is 5.91 Å².